The van der Waals surface area contributed by atoms with Crippen LogP contribution in [0.2, 0.25) is 0 Å². The lowest BCUT2D eigenvalue weighted by Gasteiger charge is -2.26. The Morgan fingerprint density at radius 1 is 1.32 bits per heavy atom. The SMILES string of the molecule is CCCCn1c(N)c(N(CCC)C(=S)NCC)c(=O)[nH]c1=O. The van der Waals surface area contributed by atoms with Gasteiger partial charge in [0.25, 0.3) is 5.56 Å². The van der Waals surface area contributed by atoms with Crippen LogP contribution in [0.25, 0.3) is 0 Å². The second-order valence-electron chi connectivity index (χ2n) is 4.99. The molecule has 124 valence electrons. The minimum atomic E-state index is -0.510. The average molecular weight is 327 g/mol. The van der Waals surface area contributed by atoms with Gasteiger partial charge >= 0.3 is 5.69 Å². The summed E-state index contributed by atoms with van der Waals surface area (Å²) in [5.74, 6) is 0.163. The van der Waals surface area contributed by atoms with Crippen molar-refractivity contribution in [3.63, 3.8) is 0 Å². The lowest BCUT2D eigenvalue weighted by molar-refractivity contribution is 0.604. The first kappa shape index (κ1) is 18.2. The van der Waals surface area contributed by atoms with Gasteiger partial charge in [-0.3, -0.25) is 14.3 Å². The number of nitrogen functional groups attached to an aromatic ring is 1. The molecule has 4 N–H and O–H groups in total. The molecule has 0 amide bonds. The molecule has 0 unspecified atom stereocenters. The van der Waals surface area contributed by atoms with Gasteiger partial charge in [0.05, 0.1) is 0 Å². The van der Waals surface area contributed by atoms with Gasteiger partial charge in [-0.1, -0.05) is 20.3 Å². The van der Waals surface area contributed by atoms with E-state index < -0.39 is 11.2 Å². The summed E-state index contributed by atoms with van der Waals surface area (Å²) in [6.45, 7) is 7.60. The molecule has 1 heterocycles. The van der Waals surface area contributed by atoms with Crippen LogP contribution >= 0.6 is 12.2 Å². The van der Waals surface area contributed by atoms with Crippen molar-refractivity contribution in [1.82, 2.24) is 14.9 Å². The van der Waals surface area contributed by atoms with Crippen LogP contribution in [0.3, 0.4) is 0 Å². The van der Waals surface area contributed by atoms with Gasteiger partial charge in [0.2, 0.25) is 0 Å². The minimum absolute atomic E-state index is 0.163. The van der Waals surface area contributed by atoms with Crippen molar-refractivity contribution in [2.45, 2.75) is 46.6 Å². The molecule has 7 nitrogen and oxygen atoms in total. The molecule has 0 saturated heterocycles. The topological polar surface area (TPSA) is 96.2 Å². The predicted octanol–water partition coefficient (Wildman–Crippen LogP) is 1.03. The van der Waals surface area contributed by atoms with E-state index >= 15 is 0 Å². The fourth-order valence-electron chi connectivity index (χ4n) is 2.16. The number of aromatic amines is 1. The molecule has 0 saturated carbocycles. The summed E-state index contributed by atoms with van der Waals surface area (Å²) in [6, 6.07) is 0. The molecule has 0 spiro atoms. The van der Waals surface area contributed by atoms with E-state index in [9.17, 15) is 9.59 Å². The zero-order chi connectivity index (χ0) is 16.7. The normalized spacial score (nSPS) is 10.5. The van der Waals surface area contributed by atoms with E-state index in [1.54, 1.807) is 4.90 Å². The van der Waals surface area contributed by atoms with Gasteiger partial charge in [-0.2, -0.15) is 0 Å². The van der Waals surface area contributed by atoms with Crippen molar-refractivity contribution in [3.8, 4) is 0 Å². The van der Waals surface area contributed by atoms with E-state index in [0.29, 0.717) is 24.7 Å². The molecular formula is C14H25N5O2S. The largest absolute Gasteiger partial charge is 0.383 e. The lowest BCUT2D eigenvalue weighted by Crippen LogP contribution is -2.45. The second kappa shape index (κ2) is 8.57. The maximum Gasteiger partial charge on any atom is 0.330 e. The third-order valence-corrected chi connectivity index (χ3v) is 3.60. The Morgan fingerprint density at radius 2 is 2.00 bits per heavy atom. The fraction of sp³-hybridized carbons (Fsp3) is 0.643. The van der Waals surface area contributed by atoms with Gasteiger partial charge in [0, 0.05) is 19.6 Å². The second-order valence-corrected chi connectivity index (χ2v) is 5.37. The number of nitrogens with zero attached hydrogens (tertiary/aromatic N) is 2. The van der Waals surface area contributed by atoms with Crippen LogP contribution in [0.4, 0.5) is 11.5 Å². The molecule has 0 aromatic carbocycles. The molecule has 0 aliphatic rings. The number of rotatable bonds is 7. The quantitative estimate of drug-likeness (QED) is 0.647. The van der Waals surface area contributed by atoms with Crippen molar-refractivity contribution < 1.29 is 0 Å². The molecular weight excluding hydrogens is 302 g/mol. The molecule has 0 atom stereocenters. The van der Waals surface area contributed by atoms with Crippen molar-refractivity contribution in [3.05, 3.63) is 20.8 Å². The van der Waals surface area contributed by atoms with E-state index in [1.165, 1.54) is 4.57 Å². The smallest absolute Gasteiger partial charge is 0.330 e. The van der Waals surface area contributed by atoms with E-state index in [2.05, 4.69) is 10.3 Å². The number of thiocarbonyl (C=S) groups is 1. The van der Waals surface area contributed by atoms with Crippen molar-refractivity contribution in [2.75, 3.05) is 23.7 Å². The van der Waals surface area contributed by atoms with Crippen LogP contribution in [0.1, 0.15) is 40.0 Å². The number of unbranched alkanes of at least 4 members (excludes halogenated alkanes) is 1. The lowest BCUT2D eigenvalue weighted by atomic mass is 10.3. The molecule has 0 fully saturated rings. The highest BCUT2D eigenvalue weighted by Gasteiger charge is 2.20. The Morgan fingerprint density at radius 3 is 2.55 bits per heavy atom. The zero-order valence-corrected chi connectivity index (χ0v) is 14.3. The predicted molar refractivity (Wildman–Crippen MR) is 94.6 cm³/mol. The molecule has 0 aliphatic heterocycles. The molecule has 22 heavy (non-hydrogen) atoms. The number of nitrogens with one attached hydrogen (secondary N) is 2. The monoisotopic (exact) mass is 327 g/mol. The van der Waals surface area contributed by atoms with E-state index in [-0.39, 0.29) is 11.5 Å². The van der Waals surface area contributed by atoms with E-state index in [0.717, 1.165) is 19.3 Å². The summed E-state index contributed by atoms with van der Waals surface area (Å²) in [7, 11) is 0. The summed E-state index contributed by atoms with van der Waals surface area (Å²) < 4.78 is 1.40. The van der Waals surface area contributed by atoms with Gasteiger partial charge in [-0.25, -0.2) is 4.79 Å². The number of hydrogen-bond donors (Lipinski definition) is 3. The Labute approximate surface area is 135 Å². The summed E-state index contributed by atoms with van der Waals surface area (Å²) in [5.41, 5.74) is 5.35. The first-order valence-electron chi connectivity index (χ1n) is 7.65. The van der Waals surface area contributed by atoms with Gasteiger partial charge in [-0.05, 0) is 32.0 Å². The zero-order valence-electron chi connectivity index (χ0n) is 13.4. The molecule has 8 heteroatoms. The molecule has 1 aromatic rings. The number of aromatic nitrogens is 2. The molecule has 1 rings (SSSR count). The highest BCUT2D eigenvalue weighted by molar-refractivity contribution is 7.80. The Bertz CT molecular complexity index is 623. The summed E-state index contributed by atoms with van der Waals surface area (Å²) in [5, 5.41) is 3.45. The third-order valence-electron chi connectivity index (χ3n) is 3.24. The number of H-pyrrole nitrogens is 1. The molecule has 1 aromatic heterocycles. The van der Waals surface area contributed by atoms with Crippen molar-refractivity contribution in [1.29, 1.82) is 0 Å². The van der Waals surface area contributed by atoms with Crippen molar-refractivity contribution >= 4 is 28.8 Å². The van der Waals surface area contributed by atoms with Crippen LogP contribution in [0.5, 0.6) is 0 Å². The van der Waals surface area contributed by atoms with Crippen LogP contribution < -0.4 is 27.2 Å². The summed E-state index contributed by atoms with van der Waals surface area (Å²) in [6.07, 6.45) is 2.52. The third kappa shape index (κ3) is 4.09. The van der Waals surface area contributed by atoms with E-state index in [1.807, 2.05) is 20.8 Å². The van der Waals surface area contributed by atoms with E-state index in [4.69, 9.17) is 18.0 Å². The highest BCUT2D eigenvalue weighted by atomic mass is 32.1. The van der Waals surface area contributed by atoms with Crippen LogP contribution in [0, 0.1) is 0 Å². The van der Waals surface area contributed by atoms with Crippen LogP contribution in [0.15, 0.2) is 9.59 Å². The van der Waals surface area contributed by atoms with Gasteiger partial charge in [0.15, 0.2) is 10.8 Å². The number of nitrogens with two attached hydrogens (primary N) is 1. The van der Waals surface area contributed by atoms with Crippen molar-refractivity contribution in [2.24, 2.45) is 0 Å². The van der Waals surface area contributed by atoms with Crippen LogP contribution in [-0.2, 0) is 6.54 Å². The Kier molecular flexibility index (Phi) is 7.10. The molecule has 0 aliphatic carbocycles. The fourth-order valence-corrected chi connectivity index (χ4v) is 2.49. The Hall–Kier alpha value is -1.83. The highest BCUT2D eigenvalue weighted by Crippen LogP contribution is 2.17. The first-order valence-corrected chi connectivity index (χ1v) is 8.06. The van der Waals surface area contributed by atoms with Gasteiger partial charge < -0.3 is 16.0 Å². The Balaban J connectivity index is 3.39. The minimum Gasteiger partial charge on any atom is -0.383 e. The van der Waals surface area contributed by atoms with Gasteiger partial charge in [0.1, 0.15) is 5.82 Å². The number of hydrogen-bond acceptors (Lipinski definition) is 4. The summed E-state index contributed by atoms with van der Waals surface area (Å²) >= 11 is 5.32. The first-order chi connectivity index (χ1) is 10.5. The standard InChI is InChI=1S/C14H25N5O2S/c1-4-7-9-19-11(15)10(12(20)17-13(19)21)18(8-5-2)14(22)16-6-3/h4-9,15H2,1-3H3,(H,16,22)(H,17,20,21). The summed E-state index contributed by atoms with van der Waals surface area (Å²) in [4.78, 5) is 28.2. The molecule has 0 bridgehead atoms. The maximum atomic E-state index is 12.2. The van der Waals surface area contributed by atoms with Crippen LogP contribution in [-0.4, -0.2) is 27.8 Å². The van der Waals surface area contributed by atoms with Gasteiger partial charge in [-0.15, -0.1) is 0 Å². The molecule has 0 radical (unpaired) electrons. The average Bonchev–Trinajstić information content (AvgIpc) is 2.46. The maximum absolute atomic E-state index is 12.2. The number of anilines is 2.